The molecule has 0 aromatic heterocycles. The third-order valence-electron chi connectivity index (χ3n) is 3.91. The lowest BCUT2D eigenvalue weighted by molar-refractivity contribution is 0.0729. The van der Waals surface area contributed by atoms with Crippen LogP contribution in [0.25, 0.3) is 0 Å². The van der Waals surface area contributed by atoms with Gasteiger partial charge in [0.25, 0.3) is 0 Å². The molecule has 1 aliphatic carbocycles. The van der Waals surface area contributed by atoms with Gasteiger partial charge in [-0.3, -0.25) is 0 Å². The number of rotatable bonds is 5. The minimum absolute atomic E-state index is 0.0439. The molecule has 3 N–H and O–H groups in total. The molecular weight excluding hydrogens is 238 g/mol. The van der Waals surface area contributed by atoms with Crippen LogP contribution in [-0.4, -0.2) is 23.4 Å². The van der Waals surface area contributed by atoms with Gasteiger partial charge in [-0.1, -0.05) is 25.5 Å². The maximum atomic E-state index is 9.35. The first kappa shape index (κ1) is 14.4. The molecule has 1 fully saturated rings. The van der Waals surface area contributed by atoms with Crippen LogP contribution < -0.4 is 10.5 Å². The molecule has 3 heteroatoms. The second kappa shape index (κ2) is 6.40. The summed E-state index contributed by atoms with van der Waals surface area (Å²) in [6.45, 7) is 2.23. The monoisotopic (exact) mass is 263 g/mol. The van der Waals surface area contributed by atoms with Crippen molar-refractivity contribution in [2.45, 2.75) is 57.1 Å². The van der Waals surface area contributed by atoms with Gasteiger partial charge < -0.3 is 15.6 Å². The predicted octanol–water partition coefficient (Wildman–Crippen LogP) is 2.65. The van der Waals surface area contributed by atoms with E-state index in [1.54, 1.807) is 0 Å². The summed E-state index contributed by atoms with van der Waals surface area (Å²) in [5.74, 6) is 0.909. The van der Waals surface area contributed by atoms with Gasteiger partial charge in [-0.2, -0.15) is 0 Å². The zero-order valence-electron chi connectivity index (χ0n) is 11.8. The van der Waals surface area contributed by atoms with Crippen LogP contribution in [0.1, 0.15) is 44.6 Å². The second-order valence-corrected chi connectivity index (χ2v) is 5.75. The number of hydrogen-bond acceptors (Lipinski definition) is 3. The van der Waals surface area contributed by atoms with Crippen LogP contribution in [0.3, 0.4) is 0 Å². The van der Waals surface area contributed by atoms with Crippen LogP contribution in [0.4, 0.5) is 0 Å². The number of nitrogens with two attached hydrogens (primary N) is 1. The molecule has 2 unspecified atom stereocenters. The molecule has 0 bridgehead atoms. The van der Waals surface area contributed by atoms with Crippen molar-refractivity contribution in [1.29, 1.82) is 0 Å². The van der Waals surface area contributed by atoms with Crippen LogP contribution in [0.5, 0.6) is 5.75 Å². The lowest BCUT2D eigenvalue weighted by Gasteiger charge is -2.36. The molecule has 19 heavy (non-hydrogen) atoms. The van der Waals surface area contributed by atoms with Crippen LogP contribution in [-0.2, 0) is 6.42 Å². The zero-order valence-corrected chi connectivity index (χ0v) is 11.8. The first-order valence-electron chi connectivity index (χ1n) is 7.30. The Kier molecular flexibility index (Phi) is 4.83. The number of aliphatic hydroxyl groups excluding tert-OH is 1. The molecule has 0 radical (unpaired) electrons. The SMILES string of the molecule is CCCc1ccc(OC2CCCC(N)(CO)C2)cc1. The summed E-state index contributed by atoms with van der Waals surface area (Å²) >= 11 is 0. The fourth-order valence-corrected chi connectivity index (χ4v) is 2.80. The van der Waals surface area contributed by atoms with E-state index in [2.05, 4.69) is 19.1 Å². The number of aliphatic hydroxyl groups is 1. The first-order valence-corrected chi connectivity index (χ1v) is 7.30. The third kappa shape index (κ3) is 3.95. The Balaban J connectivity index is 1.93. The van der Waals surface area contributed by atoms with Gasteiger partial charge in [0.05, 0.1) is 6.61 Å². The smallest absolute Gasteiger partial charge is 0.119 e. The molecular formula is C16H25NO2. The summed E-state index contributed by atoms with van der Waals surface area (Å²) < 4.78 is 5.99. The highest BCUT2D eigenvalue weighted by Crippen LogP contribution is 2.29. The minimum atomic E-state index is -0.453. The molecule has 1 saturated carbocycles. The van der Waals surface area contributed by atoms with Crippen molar-refractivity contribution >= 4 is 0 Å². The topological polar surface area (TPSA) is 55.5 Å². The third-order valence-corrected chi connectivity index (χ3v) is 3.91. The number of hydrogen-bond donors (Lipinski definition) is 2. The van der Waals surface area contributed by atoms with Gasteiger partial charge in [-0.05, 0) is 43.4 Å². The second-order valence-electron chi connectivity index (χ2n) is 5.75. The Labute approximate surface area is 115 Å². The maximum Gasteiger partial charge on any atom is 0.119 e. The van der Waals surface area contributed by atoms with Crippen molar-refractivity contribution < 1.29 is 9.84 Å². The van der Waals surface area contributed by atoms with E-state index in [1.807, 2.05) is 12.1 Å². The van der Waals surface area contributed by atoms with E-state index in [0.717, 1.165) is 44.3 Å². The predicted molar refractivity (Wildman–Crippen MR) is 77.3 cm³/mol. The lowest BCUT2D eigenvalue weighted by Crippen LogP contribution is -2.50. The number of ether oxygens (including phenoxy) is 1. The average Bonchev–Trinajstić information content (AvgIpc) is 2.42. The van der Waals surface area contributed by atoms with Crippen molar-refractivity contribution in [2.24, 2.45) is 5.73 Å². The largest absolute Gasteiger partial charge is 0.490 e. The fourth-order valence-electron chi connectivity index (χ4n) is 2.80. The van der Waals surface area contributed by atoms with E-state index in [4.69, 9.17) is 10.5 Å². The average molecular weight is 263 g/mol. The Bertz CT molecular complexity index is 390. The van der Waals surface area contributed by atoms with Gasteiger partial charge in [0, 0.05) is 12.0 Å². The summed E-state index contributed by atoms with van der Waals surface area (Å²) in [5, 5.41) is 9.35. The van der Waals surface area contributed by atoms with Gasteiger partial charge in [0.15, 0.2) is 0 Å². The van der Waals surface area contributed by atoms with E-state index in [-0.39, 0.29) is 12.7 Å². The molecule has 0 amide bonds. The Morgan fingerprint density at radius 2 is 2.11 bits per heavy atom. The highest BCUT2D eigenvalue weighted by atomic mass is 16.5. The summed E-state index contributed by atoms with van der Waals surface area (Å²) in [4.78, 5) is 0. The normalized spacial score (nSPS) is 27.2. The standard InChI is InChI=1S/C16H25NO2/c1-2-4-13-6-8-14(9-7-13)19-15-5-3-10-16(17,11-15)12-18/h6-9,15,18H,2-5,10-12,17H2,1H3. The zero-order chi connectivity index (χ0) is 13.7. The maximum absolute atomic E-state index is 9.35. The van der Waals surface area contributed by atoms with E-state index in [1.165, 1.54) is 5.56 Å². The van der Waals surface area contributed by atoms with Gasteiger partial charge >= 0.3 is 0 Å². The number of aryl methyl sites for hydroxylation is 1. The van der Waals surface area contributed by atoms with Gasteiger partial charge in [-0.25, -0.2) is 0 Å². The van der Waals surface area contributed by atoms with Crippen molar-refractivity contribution in [1.82, 2.24) is 0 Å². The van der Waals surface area contributed by atoms with Gasteiger partial charge in [-0.15, -0.1) is 0 Å². The Morgan fingerprint density at radius 1 is 1.37 bits per heavy atom. The van der Waals surface area contributed by atoms with Crippen LogP contribution in [0, 0.1) is 0 Å². The molecule has 0 spiro atoms. The molecule has 3 nitrogen and oxygen atoms in total. The van der Waals surface area contributed by atoms with Gasteiger partial charge in [0.2, 0.25) is 0 Å². The molecule has 2 atom stereocenters. The van der Waals surface area contributed by atoms with E-state index in [0.29, 0.717) is 0 Å². The first-order chi connectivity index (χ1) is 9.15. The Morgan fingerprint density at radius 3 is 2.74 bits per heavy atom. The lowest BCUT2D eigenvalue weighted by atomic mass is 9.81. The van der Waals surface area contributed by atoms with Crippen molar-refractivity contribution in [3.63, 3.8) is 0 Å². The van der Waals surface area contributed by atoms with Crippen LogP contribution >= 0.6 is 0 Å². The molecule has 2 rings (SSSR count). The summed E-state index contributed by atoms with van der Waals surface area (Å²) in [6.07, 6.45) is 6.07. The van der Waals surface area contributed by atoms with Crippen molar-refractivity contribution in [2.75, 3.05) is 6.61 Å². The van der Waals surface area contributed by atoms with E-state index < -0.39 is 5.54 Å². The van der Waals surface area contributed by atoms with Crippen molar-refractivity contribution in [3.8, 4) is 5.75 Å². The summed E-state index contributed by atoms with van der Waals surface area (Å²) in [5.41, 5.74) is 7.03. The van der Waals surface area contributed by atoms with Crippen molar-refractivity contribution in [3.05, 3.63) is 29.8 Å². The summed E-state index contributed by atoms with van der Waals surface area (Å²) in [6, 6.07) is 8.33. The van der Waals surface area contributed by atoms with E-state index >= 15 is 0 Å². The minimum Gasteiger partial charge on any atom is -0.490 e. The molecule has 0 saturated heterocycles. The molecule has 0 aliphatic heterocycles. The summed E-state index contributed by atoms with van der Waals surface area (Å²) in [7, 11) is 0. The highest BCUT2D eigenvalue weighted by molar-refractivity contribution is 5.27. The quantitative estimate of drug-likeness (QED) is 0.858. The van der Waals surface area contributed by atoms with Crippen LogP contribution in [0.2, 0.25) is 0 Å². The van der Waals surface area contributed by atoms with E-state index in [9.17, 15) is 5.11 Å². The molecule has 1 aromatic carbocycles. The Hall–Kier alpha value is -1.06. The molecule has 0 heterocycles. The highest BCUT2D eigenvalue weighted by Gasteiger charge is 2.33. The van der Waals surface area contributed by atoms with Crippen LogP contribution in [0.15, 0.2) is 24.3 Å². The molecule has 1 aromatic rings. The fraction of sp³-hybridized carbons (Fsp3) is 0.625. The molecule has 1 aliphatic rings. The number of benzene rings is 1. The molecule has 106 valence electrons. The van der Waals surface area contributed by atoms with Gasteiger partial charge in [0.1, 0.15) is 11.9 Å².